The molecule has 0 saturated carbocycles. The number of aromatic nitrogens is 1. The smallest absolute Gasteiger partial charge is 0.303 e. The van der Waals surface area contributed by atoms with E-state index in [1.807, 2.05) is 47.6 Å². The molecule has 3 aliphatic heterocycles. The molecule has 2 unspecified atom stereocenters. The van der Waals surface area contributed by atoms with Gasteiger partial charge in [-0.3, -0.25) is 24.2 Å². The maximum absolute atomic E-state index is 12.5. The number of thiol groups is 1. The molecule has 2 amide bonds. The predicted molar refractivity (Wildman–Crippen MR) is 172 cm³/mol. The lowest BCUT2D eigenvalue weighted by Gasteiger charge is -2.24. The lowest BCUT2D eigenvalue weighted by atomic mass is 9.86. The molecule has 0 spiro atoms. The van der Waals surface area contributed by atoms with Gasteiger partial charge in [0.15, 0.2) is 0 Å². The fourth-order valence-electron chi connectivity index (χ4n) is 6.99. The Labute approximate surface area is 264 Å². The highest BCUT2D eigenvalue weighted by Gasteiger charge is 2.42. The van der Waals surface area contributed by atoms with Gasteiger partial charge >= 0.3 is 11.9 Å². The summed E-state index contributed by atoms with van der Waals surface area (Å²) in [5.74, 6) is -2.00. The molecule has 1 saturated heterocycles. The summed E-state index contributed by atoms with van der Waals surface area (Å²) in [6.45, 7) is 11.7. The Morgan fingerprint density at radius 1 is 1.02 bits per heavy atom. The molecule has 0 bridgehead atoms. The molecule has 3 aliphatic rings. The molecule has 4 rings (SSSR count). The van der Waals surface area contributed by atoms with E-state index in [4.69, 9.17) is 4.99 Å². The number of nitrogens with one attached hydrogen (secondary N) is 3. The molecule has 11 heteroatoms. The van der Waals surface area contributed by atoms with Crippen molar-refractivity contribution in [2.24, 2.45) is 16.8 Å². The second-order valence-electron chi connectivity index (χ2n) is 12.3. The second kappa shape index (κ2) is 13.6. The normalized spacial score (nSPS) is 25.2. The number of rotatable bonds is 13. The molecule has 0 aromatic carbocycles. The number of aliphatic carboxylic acids is 2. The van der Waals surface area contributed by atoms with Gasteiger partial charge in [-0.1, -0.05) is 20.8 Å². The molecular weight excluding hydrogens is 580 g/mol. The van der Waals surface area contributed by atoms with Crippen molar-refractivity contribution in [2.45, 2.75) is 104 Å². The Hall–Kier alpha value is -3.60. The predicted octanol–water partition coefficient (Wildman–Crippen LogP) is 4.24. The Morgan fingerprint density at radius 2 is 1.68 bits per heavy atom. The highest BCUT2D eigenvalue weighted by atomic mass is 32.1. The van der Waals surface area contributed by atoms with Crippen LogP contribution in [-0.4, -0.2) is 62.0 Å². The number of aromatic amines is 1. The van der Waals surface area contributed by atoms with E-state index in [1.54, 1.807) is 0 Å². The van der Waals surface area contributed by atoms with Gasteiger partial charge < -0.3 is 25.8 Å². The number of aliphatic imine (C=N–C) groups is 1. The number of H-pyrrole nitrogens is 1. The number of carboxylic acid groups (broad SMARTS) is 2. The molecule has 5 N–H and O–H groups in total. The maximum atomic E-state index is 12.5. The van der Waals surface area contributed by atoms with Crippen LogP contribution in [-0.2, 0) is 38.4 Å². The Morgan fingerprint density at radius 3 is 2.27 bits per heavy atom. The molecule has 10 nitrogen and oxygen atoms in total. The Balaban J connectivity index is 1.70. The average molecular weight is 625 g/mol. The first-order valence-corrected chi connectivity index (χ1v) is 15.9. The van der Waals surface area contributed by atoms with Crippen molar-refractivity contribution in [2.75, 3.05) is 0 Å². The van der Waals surface area contributed by atoms with Gasteiger partial charge in [0, 0.05) is 71.5 Å². The highest BCUT2D eigenvalue weighted by molar-refractivity contribution is 7.80. The maximum Gasteiger partial charge on any atom is 0.303 e. The van der Waals surface area contributed by atoms with Crippen molar-refractivity contribution in [3.63, 3.8) is 0 Å². The van der Waals surface area contributed by atoms with Gasteiger partial charge in [-0.2, -0.15) is 12.6 Å². The van der Waals surface area contributed by atoms with E-state index in [0.29, 0.717) is 43.5 Å². The minimum absolute atomic E-state index is 0.0108. The van der Waals surface area contributed by atoms with Gasteiger partial charge in [-0.15, -0.1) is 0 Å². The summed E-state index contributed by atoms with van der Waals surface area (Å²) >= 11 is 4.67. The molecule has 5 atom stereocenters. The number of carboxylic acids is 2. The zero-order chi connectivity index (χ0) is 32.5. The molecule has 0 radical (unpaired) electrons. The molecule has 44 heavy (non-hydrogen) atoms. The van der Waals surface area contributed by atoms with Crippen LogP contribution in [0.2, 0.25) is 0 Å². The van der Waals surface area contributed by atoms with Crippen molar-refractivity contribution < 1.29 is 29.4 Å². The standard InChI is InChI=1S/C33H44N4O6S/c1-7-20-15(2)25(36-33(20)43)12-23-16(3)21(8-10-29(38)39)26(34-23)14-27-22(9-11-30(40)41)17(4)24(35-27)13-28-31(19(6)44)18(5)32(42)37-28/h12,18-19,26,28,31,35,44H,7-11,13-14H2,1-6H3,(H,36,43)(H,37,42)(H,38,39)(H,40,41)/b25-12+/t18-,19-,26?,28?,31+/m1/s1. The van der Waals surface area contributed by atoms with Crippen LogP contribution in [0.15, 0.2) is 39.1 Å². The molecule has 1 fully saturated rings. The number of carbonyl (C=O) groups excluding carboxylic acids is 2. The van der Waals surface area contributed by atoms with Crippen LogP contribution in [0, 0.1) is 18.8 Å². The SMILES string of the molecule is CCC1=C(C)/C(=C\C2=NC(Cc3[nH]c(CC4NC(=O)[C@H](C)[C@H]4[C@@H](C)S)c(C)c3CCC(=O)O)C(CCC(=O)O)=C2C)NC1=O. The van der Waals surface area contributed by atoms with E-state index in [-0.39, 0.29) is 53.8 Å². The van der Waals surface area contributed by atoms with Gasteiger partial charge in [0.25, 0.3) is 5.91 Å². The zero-order valence-corrected chi connectivity index (χ0v) is 27.2. The first-order valence-electron chi connectivity index (χ1n) is 15.4. The third-order valence-electron chi connectivity index (χ3n) is 9.51. The minimum atomic E-state index is -0.897. The Kier molecular flexibility index (Phi) is 10.3. The van der Waals surface area contributed by atoms with Crippen LogP contribution in [0.1, 0.15) is 82.8 Å². The van der Waals surface area contributed by atoms with Crippen molar-refractivity contribution in [3.8, 4) is 0 Å². The van der Waals surface area contributed by atoms with Crippen LogP contribution < -0.4 is 10.6 Å². The van der Waals surface area contributed by atoms with E-state index < -0.39 is 11.9 Å². The molecule has 238 valence electrons. The van der Waals surface area contributed by atoms with E-state index in [9.17, 15) is 29.4 Å². The zero-order valence-electron chi connectivity index (χ0n) is 26.3. The highest BCUT2D eigenvalue weighted by Crippen LogP contribution is 2.35. The molecule has 0 aliphatic carbocycles. The molecule has 1 aromatic heterocycles. The van der Waals surface area contributed by atoms with Gasteiger partial charge in [-0.05, 0) is 74.0 Å². The molecular formula is C33H44N4O6S. The van der Waals surface area contributed by atoms with Gasteiger partial charge in [-0.25, -0.2) is 0 Å². The van der Waals surface area contributed by atoms with Crippen molar-refractivity contribution >= 4 is 42.1 Å². The lowest BCUT2D eigenvalue weighted by molar-refractivity contribution is -0.138. The van der Waals surface area contributed by atoms with Crippen molar-refractivity contribution in [3.05, 3.63) is 56.6 Å². The number of hydrogen-bond donors (Lipinski definition) is 6. The monoisotopic (exact) mass is 624 g/mol. The first kappa shape index (κ1) is 33.3. The third-order valence-corrected chi connectivity index (χ3v) is 9.85. The topological polar surface area (TPSA) is 161 Å². The number of nitrogens with zero attached hydrogens (tertiary/aromatic N) is 1. The lowest BCUT2D eigenvalue weighted by Crippen LogP contribution is -2.34. The van der Waals surface area contributed by atoms with E-state index in [0.717, 1.165) is 44.8 Å². The quantitative estimate of drug-likeness (QED) is 0.180. The van der Waals surface area contributed by atoms with Crippen LogP contribution in [0.3, 0.4) is 0 Å². The van der Waals surface area contributed by atoms with Crippen LogP contribution in [0.25, 0.3) is 0 Å². The summed E-state index contributed by atoms with van der Waals surface area (Å²) in [6.07, 6.45) is 4.08. The summed E-state index contributed by atoms with van der Waals surface area (Å²) in [5, 5.41) is 25.0. The van der Waals surface area contributed by atoms with Gasteiger partial charge in [0.1, 0.15) is 0 Å². The Bertz CT molecular complexity index is 1500. The number of allylic oxidation sites excluding steroid dienone is 3. The fourth-order valence-corrected chi connectivity index (χ4v) is 7.46. The van der Waals surface area contributed by atoms with E-state index >= 15 is 0 Å². The fraction of sp³-hybridized carbons (Fsp3) is 0.545. The third kappa shape index (κ3) is 6.87. The number of amides is 2. The van der Waals surface area contributed by atoms with E-state index in [2.05, 4.69) is 28.2 Å². The van der Waals surface area contributed by atoms with Gasteiger partial charge in [0.05, 0.1) is 11.8 Å². The summed E-state index contributed by atoms with van der Waals surface area (Å²) in [5.41, 5.74) is 8.52. The van der Waals surface area contributed by atoms with E-state index in [1.165, 1.54) is 0 Å². The average Bonchev–Trinajstić information content (AvgIpc) is 3.59. The van der Waals surface area contributed by atoms with Crippen LogP contribution in [0.4, 0.5) is 0 Å². The largest absolute Gasteiger partial charge is 0.481 e. The van der Waals surface area contributed by atoms with Crippen LogP contribution in [0.5, 0.6) is 0 Å². The summed E-state index contributed by atoms with van der Waals surface area (Å²) < 4.78 is 0. The summed E-state index contributed by atoms with van der Waals surface area (Å²) in [6, 6.07) is -0.455. The van der Waals surface area contributed by atoms with Crippen molar-refractivity contribution in [1.82, 2.24) is 15.6 Å². The molecule has 1 aromatic rings. The van der Waals surface area contributed by atoms with Gasteiger partial charge in [0.2, 0.25) is 5.91 Å². The van der Waals surface area contributed by atoms with Crippen LogP contribution >= 0.6 is 12.6 Å². The van der Waals surface area contributed by atoms with Crippen molar-refractivity contribution in [1.29, 1.82) is 0 Å². The first-order chi connectivity index (χ1) is 20.7. The summed E-state index contributed by atoms with van der Waals surface area (Å²) in [7, 11) is 0. The number of carbonyl (C=O) groups is 4. The summed E-state index contributed by atoms with van der Waals surface area (Å²) in [4.78, 5) is 56.7. The number of hydrogen-bond acceptors (Lipinski definition) is 6. The minimum Gasteiger partial charge on any atom is -0.481 e. The molecule has 4 heterocycles. The second-order valence-corrected chi connectivity index (χ2v) is 13.1.